The summed E-state index contributed by atoms with van der Waals surface area (Å²) in [7, 11) is 1.32. The van der Waals surface area contributed by atoms with Crippen molar-refractivity contribution in [1.29, 1.82) is 0 Å². The summed E-state index contributed by atoms with van der Waals surface area (Å²) in [5, 5.41) is 8.99. The van der Waals surface area contributed by atoms with Gasteiger partial charge in [0, 0.05) is 6.42 Å². The molecule has 0 amide bonds. The number of esters is 1. The normalized spacial score (nSPS) is 10.8. The fraction of sp³-hybridized carbons (Fsp3) is 0.273. The molecule has 0 bridgehead atoms. The third kappa shape index (κ3) is 2.05. The lowest BCUT2D eigenvalue weighted by Crippen LogP contribution is -2.02. The molecule has 0 fully saturated rings. The molecule has 2 aromatic heterocycles. The first-order chi connectivity index (χ1) is 8.19. The third-order valence-corrected chi connectivity index (χ3v) is 3.02. The third-order valence-electron chi connectivity index (χ3n) is 2.40. The summed E-state index contributed by atoms with van der Waals surface area (Å²) in [4.78, 5) is 15.8. The molecule has 2 rings (SSSR count). The Bertz CT molecular complexity index is 565. The van der Waals surface area contributed by atoms with Gasteiger partial charge in [0.25, 0.3) is 0 Å². The van der Waals surface area contributed by atoms with Crippen molar-refractivity contribution in [2.45, 2.75) is 6.42 Å². The highest BCUT2D eigenvalue weighted by Crippen LogP contribution is 2.20. The minimum atomic E-state index is -0.482. The van der Waals surface area contributed by atoms with Crippen LogP contribution < -0.4 is 0 Å². The second-order valence-corrected chi connectivity index (χ2v) is 4.22. The predicted octanol–water partition coefficient (Wildman–Crippen LogP) is 1.42. The molecular formula is C11H11BrN2O3. The minimum absolute atomic E-state index is 0.0267. The van der Waals surface area contributed by atoms with Crippen molar-refractivity contribution >= 4 is 27.4 Å². The molecule has 0 aliphatic carbocycles. The number of carbonyl (C=O) groups excluding carboxylic acids is 1. The standard InChI is InChI=1S/C11H11BrN2O3/c1-17-11(16)10-7-3-2-4-8(12)14(7)9(13-10)5-6-15/h2-4,15H,5-6H2,1H3. The first kappa shape index (κ1) is 12.1. The van der Waals surface area contributed by atoms with Gasteiger partial charge in [0.2, 0.25) is 0 Å². The number of halogens is 1. The van der Waals surface area contributed by atoms with Gasteiger partial charge >= 0.3 is 5.97 Å². The van der Waals surface area contributed by atoms with E-state index in [0.717, 1.165) is 4.60 Å². The SMILES string of the molecule is COC(=O)c1nc(CCO)n2c(Br)cccc12. The molecular weight excluding hydrogens is 288 g/mol. The van der Waals surface area contributed by atoms with E-state index in [1.165, 1.54) is 7.11 Å². The van der Waals surface area contributed by atoms with Crippen molar-refractivity contribution in [2.75, 3.05) is 13.7 Å². The number of aromatic nitrogens is 2. The number of rotatable bonds is 3. The maximum atomic E-state index is 11.6. The highest BCUT2D eigenvalue weighted by Gasteiger charge is 2.18. The number of nitrogens with zero attached hydrogens (tertiary/aromatic N) is 2. The van der Waals surface area contributed by atoms with Crippen molar-refractivity contribution in [2.24, 2.45) is 0 Å². The molecule has 0 aromatic carbocycles. The lowest BCUT2D eigenvalue weighted by molar-refractivity contribution is 0.0596. The number of aliphatic hydroxyl groups is 1. The Kier molecular flexibility index (Phi) is 3.44. The van der Waals surface area contributed by atoms with Gasteiger partial charge in [0.15, 0.2) is 5.69 Å². The molecule has 0 saturated heterocycles. The summed E-state index contributed by atoms with van der Waals surface area (Å²) < 4.78 is 7.24. The van der Waals surface area contributed by atoms with Gasteiger partial charge in [-0.25, -0.2) is 9.78 Å². The topological polar surface area (TPSA) is 63.8 Å². The lowest BCUT2D eigenvalue weighted by Gasteiger charge is -2.01. The average Bonchev–Trinajstić information content (AvgIpc) is 2.69. The van der Waals surface area contributed by atoms with Crippen LogP contribution in [0.3, 0.4) is 0 Å². The molecule has 0 spiro atoms. The van der Waals surface area contributed by atoms with Crippen molar-refractivity contribution in [1.82, 2.24) is 9.38 Å². The zero-order chi connectivity index (χ0) is 12.4. The van der Waals surface area contributed by atoms with Gasteiger partial charge in [-0.05, 0) is 28.1 Å². The van der Waals surface area contributed by atoms with Crippen LogP contribution in [0.2, 0.25) is 0 Å². The van der Waals surface area contributed by atoms with Gasteiger partial charge in [-0.3, -0.25) is 4.40 Å². The maximum Gasteiger partial charge on any atom is 0.358 e. The van der Waals surface area contributed by atoms with E-state index in [1.807, 2.05) is 12.1 Å². The molecule has 2 aromatic rings. The maximum absolute atomic E-state index is 11.6. The molecule has 90 valence electrons. The monoisotopic (exact) mass is 298 g/mol. The van der Waals surface area contributed by atoms with Crippen LogP contribution in [0.1, 0.15) is 16.3 Å². The lowest BCUT2D eigenvalue weighted by atomic mass is 10.3. The van der Waals surface area contributed by atoms with Crippen molar-refractivity contribution in [3.05, 3.63) is 34.3 Å². The van der Waals surface area contributed by atoms with Crippen molar-refractivity contribution in [3.8, 4) is 0 Å². The summed E-state index contributed by atoms with van der Waals surface area (Å²) in [5.74, 6) is 0.139. The average molecular weight is 299 g/mol. The smallest absolute Gasteiger partial charge is 0.358 e. The van der Waals surface area contributed by atoms with E-state index >= 15 is 0 Å². The molecule has 0 unspecified atom stereocenters. The molecule has 1 N–H and O–H groups in total. The molecule has 0 aliphatic heterocycles. The summed E-state index contributed by atoms with van der Waals surface area (Å²) in [6, 6.07) is 5.44. The molecule has 5 nitrogen and oxygen atoms in total. The zero-order valence-electron chi connectivity index (χ0n) is 9.18. The Morgan fingerprint density at radius 2 is 2.35 bits per heavy atom. The van der Waals surface area contributed by atoms with Crippen LogP contribution in [0.25, 0.3) is 5.52 Å². The minimum Gasteiger partial charge on any atom is -0.464 e. The highest BCUT2D eigenvalue weighted by molar-refractivity contribution is 9.10. The molecule has 6 heteroatoms. The Balaban J connectivity index is 2.70. The first-order valence-electron chi connectivity index (χ1n) is 5.04. The highest BCUT2D eigenvalue weighted by atomic mass is 79.9. The largest absolute Gasteiger partial charge is 0.464 e. The number of aliphatic hydroxyl groups excluding tert-OH is 1. The molecule has 17 heavy (non-hydrogen) atoms. The number of hydrogen-bond donors (Lipinski definition) is 1. The van der Waals surface area contributed by atoms with Gasteiger partial charge in [0.05, 0.1) is 23.8 Å². The number of methoxy groups -OCH3 is 1. The van der Waals surface area contributed by atoms with Crippen LogP contribution in [0.5, 0.6) is 0 Å². The fourth-order valence-electron chi connectivity index (χ4n) is 1.68. The van der Waals surface area contributed by atoms with Crippen LogP contribution >= 0.6 is 15.9 Å². The Morgan fingerprint density at radius 1 is 1.59 bits per heavy atom. The van der Waals surface area contributed by atoms with Gasteiger partial charge in [-0.15, -0.1) is 0 Å². The number of pyridine rings is 1. The van der Waals surface area contributed by atoms with Gasteiger partial charge in [0.1, 0.15) is 5.82 Å². The number of imidazole rings is 1. The van der Waals surface area contributed by atoms with Crippen LogP contribution in [0.15, 0.2) is 22.8 Å². The van der Waals surface area contributed by atoms with Gasteiger partial charge in [-0.2, -0.15) is 0 Å². The van der Waals surface area contributed by atoms with Crippen LogP contribution in [-0.4, -0.2) is 34.2 Å². The molecule has 0 atom stereocenters. The van der Waals surface area contributed by atoms with Crippen molar-refractivity contribution < 1.29 is 14.6 Å². The summed E-state index contributed by atoms with van der Waals surface area (Å²) in [5.41, 5.74) is 0.923. The molecule has 0 aliphatic rings. The van der Waals surface area contributed by atoms with Crippen LogP contribution in [-0.2, 0) is 11.2 Å². The van der Waals surface area contributed by atoms with E-state index in [2.05, 4.69) is 25.7 Å². The van der Waals surface area contributed by atoms with E-state index in [9.17, 15) is 4.79 Å². The summed E-state index contributed by atoms with van der Waals surface area (Å²) >= 11 is 3.39. The summed E-state index contributed by atoms with van der Waals surface area (Å²) in [6.07, 6.45) is 0.376. The number of fused-ring (bicyclic) bond motifs is 1. The molecule has 0 saturated carbocycles. The fourth-order valence-corrected chi connectivity index (χ4v) is 2.23. The Labute approximate surface area is 106 Å². The number of carbonyl (C=O) groups is 1. The molecule has 0 radical (unpaired) electrons. The number of ether oxygens (including phenoxy) is 1. The van der Waals surface area contributed by atoms with E-state index in [1.54, 1.807) is 10.5 Å². The molecule has 2 heterocycles. The Hall–Kier alpha value is -1.40. The van der Waals surface area contributed by atoms with Crippen LogP contribution in [0.4, 0.5) is 0 Å². The van der Waals surface area contributed by atoms with Crippen molar-refractivity contribution in [3.63, 3.8) is 0 Å². The second-order valence-electron chi connectivity index (χ2n) is 3.41. The quantitative estimate of drug-likeness (QED) is 0.687. The van der Waals surface area contributed by atoms with Crippen LogP contribution in [0, 0.1) is 0 Å². The van der Waals surface area contributed by atoms with E-state index in [4.69, 9.17) is 5.11 Å². The number of hydrogen-bond acceptors (Lipinski definition) is 4. The van der Waals surface area contributed by atoms with E-state index in [0.29, 0.717) is 17.8 Å². The second kappa shape index (κ2) is 4.85. The summed E-state index contributed by atoms with van der Waals surface area (Å²) in [6.45, 7) is -0.0267. The first-order valence-corrected chi connectivity index (χ1v) is 5.83. The van der Waals surface area contributed by atoms with Gasteiger partial charge < -0.3 is 9.84 Å². The predicted molar refractivity (Wildman–Crippen MR) is 65.0 cm³/mol. The van der Waals surface area contributed by atoms with Gasteiger partial charge in [-0.1, -0.05) is 6.07 Å². The zero-order valence-corrected chi connectivity index (χ0v) is 10.8. The van der Waals surface area contributed by atoms with E-state index in [-0.39, 0.29) is 12.3 Å². The van der Waals surface area contributed by atoms with E-state index < -0.39 is 5.97 Å². The Morgan fingerprint density at radius 3 is 3.00 bits per heavy atom.